The molecule has 2 heterocycles. The number of aromatic nitrogens is 2. The highest BCUT2D eigenvalue weighted by molar-refractivity contribution is 5.78. The molecule has 7 nitrogen and oxygen atoms in total. The summed E-state index contributed by atoms with van der Waals surface area (Å²) in [7, 11) is 0. The third-order valence-electron chi connectivity index (χ3n) is 6.31. The van der Waals surface area contributed by atoms with Crippen molar-refractivity contribution in [3.63, 3.8) is 0 Å². The Morgan fingerprint density at radius 1 is 1.11 bits per heavy atom. The number of nitrogens with zero attached hydrogens (tertiary/aromatic N) is 3. The number of amides is 1. The number of fused-ring (bicyclic) bond motifs is 1. The lowest BCUT2D eigenvalue weighted by Crippen LogP contribution is -2.51. The number of nitrogens with one attached hydrogen (secondary N) is 1. The zero-order valence-corrected chi connectivity index (χ0v) is 21.4. The van der Waals surface area contributed by atoms with Crippen molar-refractivity contribution < 1.29 is 14.3 Å². The van der Waals surface area contributed by atoms with Gasteiger partial charge in [0, 0.05) is 31.8 Å². The van der Waals surface area contributed by atoms with Crippen LogP contribution in [-0.4, -0.2) is 58.0 Å². The Bertz CT molecular complexity index is 1110. The molecule has 7 heteroatoms. The van der Waals surface area contributed by atoms with Crippen LogP contribution in [-0.2, 0) is 22.4 Å². The van der Waals surface area contributed by atoms with Crippen molar-refractivity contribution in [2.24, 2.45) is 0 Å². The van der Waals surface area contributed by atoms with Crippen molar-refractivity contribution in [1.82, 2.24) is 14.5 Å². The van der Waals surface area contributed by atoms with Crippen LogP contribution in [0.3, 0.4) is 0 Å². The number of benzene rings is 2. The smallest absolute Gasteiger partial charge is 0.410 e. The normalized spacial score (nSPS) is 18.6. The van der Waals surface area contributed by atoms with E-state index in [-0.39, 0.29) is 18.2 Å². The van der Waals surface area contributed by atoms with Gasteiger partial charge in [-0.05, 0) is 64.7 Å². The Morgan fingerprint density at radius 3 is 2.60 bits per heavy atom. The van der Waals surface area contributed by atoms with Crippen molar-refractivity contribution in [2.45, 2.75) is 71.2 Å². The van der Waals surface area contributed by atoms with Crippen molar-refractivity contribution in [2.75, 3.05) is 25.1 Å². The maximum Gasteiger partial charge on any atom is 0.410 e. The lowest BCUT2D eigenvalue weighted by molar-refractivity contribution is 0.00899. The number of hydrogen-bond acceptors (Lipinski definition) is 5. The zero-order chi connectivity index (χ0) is 24.8. The van der Waals surface area contributed by atoms with E-state index in [4.69, 9.17) is 14.5 Å². The Balaban J connectivity index is 1.54. The first-order valence-corrected chi connectivity index (χ1v) is 12.7. The van der Waals surface area contributed by atoms with E-state index in [9.17, 15) is 4.79 Å². The minimum Gasteiger partial charge on any atom is -0.444 e. The topological polar surface area (TPSA) is 68.6 Å². The molecule has 1 fully saturated rings. The number of imidazole rings is 1. The van der Waals surface area contributed by atoms with Crippen molar-refractivity contribution >= 4 is 23.1 Å². The summed E-state index contributed by atoms with van der Waals surface area (Å²) >= 11 is 0. The van der Waals surface area contributed by atoms with Gasteiger partial charge in [-0.25, -0.2) is 9.78 Å². The van der Waals surface area contributed by atoms with E-state index in [1.165, 1.54) is 5.56 Å². The first-order chi connectivity index (χ1) is 16.8. The number of rotatable bonds is 8. The number of para-hydroxylation sites is 2. The number of ether oxygens (including phenoxy) is 2. The van der Waals surface area contributed by atoms with Gasteiger partial charge in [0.15, 0.2) is 0 Å². The Labute approximate surface area is 208 Å². The van der Waals surface area contributed by atoms with Gasteiger partial charge in [0.2, 0.25) is 5.95 Å². The first-order valence-electron chi connectivity index (χ1n) is 12.7. The molecule has 4 rings (SSSR count). The Morgan fingerprint density at radius 2 is 1.86 bits per heavy atom. The molecule has 0 unspecified atom stereocenters. The molecule has 1 amide bonds. The number of carbonyl (C=O) groups is 1. The molecule has 2 aromatic carbocycles. The largest absolute Gasteiger partial charge is 0.444 e. The number of hydrogen-bond donors (Lipinski definition) is 1. The molecule has 0 spiro atoms. The van der Waals surface area contributed by atoms with Gasteiger partial charge in [-0.15, -0.1) is 0 Å². The molecule has 2 atom stereocenters. The summed E-state index contributed by atoms with van der Waals surface area (Å²) in [5, 5.41) is 3.71. The maximum atomic E-state index is 13.1. The van der Waals surface area contributed by atoms with Crippen molar-refractivity contribution in [3.05, 3.63) is 60.2 Å². The molecule has 35 heavy (non-hydrogen) atoms. The summed E-state index contributed by atoms with van der Waals surface area (Å²) in [4.78, 5) is 19.8. The van der Waals surface area contributed by atoms with Crippen LogP contribution in [0.2, 0.25) is 0 Å². The van der Waals surface area contributed by atoms with Crippen LogP contribution in [0.1, 0.15) is 46.1 Å². The second-order valence-electron chi connectivity index (χ2n) is 10.2. The van der Waals surface area contributed by atoms with E-state index in [0.29, 0.717) is 19.8 Å². The maximum absolute atomic E-state index is 13.1. The summed E-state index contributed by atoms with van der Waals surface area (Å²) in [6.45, 7) is 10.5. The molecule has 3 aromatic rings. The molecule has 1 aliphatic heterocycles. The predicted octanol–water partition coefficient (Wildman–Crippen LogP) is 5.50. The van der Waals surface area contributed by atoms with Gasteiger partial charge in [-0.2, -0.15) is 0 Å². The highest BCUT2D eigenvalue weighted by atomic mass is 16.6. The molecule has 0 aliphatic carbocycles. The van der Waals surface area contributed by atoms with E-state index in [1.54, 1.807) is 0 Å². The Kier molecular flexibility index (Phi) is 7.96. The molecule has 0 radical (unpaired) electrons. The molecule has 1 N–H and O–H groups in total. The van der Waals surface area contributed by atoms with Crippen LogP contribution in [0.15, 0.2) is 54.6 Å². The second-order valence-corrected chi connectivity index (χ2v) is 10.2. The molecule has 1 aromatic heterocycles. The highest BCUT2D eigenvalue weighted by Gasteiger charge is 2.34. The summed E-state index contributed by atoms with van der Waals surface area (Å²) in [6, 6.07) is 18.8. The van der Waals surface area contributed by atoms with Crippen molar-refractivity contribution in [1.29, 1.82) is 0 Å². The van der Waals surface area contributed by atoms with E-state index in [2.05, 4.69) is 28.1 Å². The van der Waals surface area contributed by atoms with Gasteiger partial charge < -0.3 is 24.3 Å². The first kappa shape index (κ1) is 25.0. The molecule has 0 bridgehead atoms. The fraction of sp³-hybridized carbons (Fsp3) is 0.500. The third-order valence-corrected chi connectivity index (χ3v) is 6.31. The average Bonchev–Trinajstić information content (AvgIpc) is 3.16. The summed E-state index contributed by atoms with van der Waals surface area (Å²) in [5.74, 6) is 0.861. The fourth-order valence-electron chi connectivity index (χ4n) is 4.72. The van der Waals surface area contributed by atoms with Gasteiger partial charge in [0.25, 0.3) is 0 Å². The highest BCUT2D eigenvalue weighted by Crippen LogP contribution is 2.27. The number of piperidine rings is 1. The second kappa shape index (κ2) is 11.1. The van der Waals surface area contributed by atoms with Crippen LogP contribution in [0, 0.1) is 0 Å². The van der Waals surface area contributed by atoms with Crippen LogP contribution in [0.4, 0.5) is 10.7 Å². The van der Waals surface area contributed by atoms with Crippen LogP contribution < -0.4 is 5.32 Å². The Hall–Kier alpha value is -3.06. The molecular formula is C28H38N4O3. The van der Waals surface area contributed by atoms with Gasteiger partial charge in [0.05, 0.1) is 17.6 Å². The number of anilines is 1. The lowest BCUT2D eigenvalue weighted by Gasteiger charge is -2.40. The van der Waals surface area contributed by atoms with Crippen LogP contribution >= 0.6 is 0 Å². The molecule has 1 saturated heterocycles. The number of carbonyl (C=O) groups excluding carboxylic acids is 1. The third kappa shape index (κ3) is 6.54. The molecular weight excluding hydrogens is 440 g/mol. The minimum atomic E-state index is -0.519. The van der Waals surface area contributed by atoms with E-state index in [0.717, 1.165) is 42.8 Å². The average molecular weight is 479 g/mol. The molecule has 1 aliphatic rings. The summed E-state index contributed by atoms with van der Waals surface area (Å²) in [6.07, 6.45) is 2.21. The standard InChI is InChI=1S/C28H38N4O3/c1-5-34-18-17-32-25-14-10-9-13-24(25)30-26(32)29-22-15-16-31(27(33)35-28(2,3)4)23(20-22)19-21-11-7-6-8-12-21/h6-14,22-23H,5,15-20H2,1-4H3,(H,29,30)/t22-,23+/m0/s1. The van der Waals surface area contributed by atoms with E-state index in [1.807, 2.05) is 69.0 Å². The quantitative estimate of drug-likeness (QED) is 0.433. The summed E-state index contributed by atoms with van der Waals surface area (Å²) < 4.78 is 13.6. The van der Waals surface area contributed by atoms with Crippen LogP contribution in [0.5, 0.6) is 0 Å². The predicted molar refractivity (Wildman–Crippen MR) is 140 cm³/mol. The van der Waals surface area contributed by atoms with Gasteiger partial charge >= 0.3 is 6.09 Å². The van der Waals surface area contributed by atoms with Gasteiger partial charge in [-0.3, -0.25) is 0 Å². The van der Waals surface area contributed by atoms with E-state index < -0.39 is 5.60 Å². The van der Waals surface area contributed by atoms with Gasteiger partial charge in [-0.1, -0.05) is 42.5 Å². The van der Waals surface area contributed by atoms with Crippen molar-refractivity contribution in [3.8, 4) is 0 Å². The zero-order valence-electron chi connectivity index (χ0n) is 21.4. The number of likely N-dealkylation sites (tertiary alicyclic amines) is 1. The van der Waals surface area contributed by atoms with E-state index >= 15 is 0 Å². The fourth-order valence-corrected chi connectivity index (χ4v) is 4.72. The SMILES string of the molecule is CCOCCn1c(N[C@H]2CCN(C(=O)OC(C)(C)C)[C@H](Cc3ccccc3)C2)nc2ccccc21. The minimum absolute atomic E-state index is 0.0414. The monoisotopic (exact) mass is 478 g/mol. The van der Waals surface area contributed by atoms with Crippen LogP contribution in [0.25, 0.3) is 11.0 Å². The molecule has 0 saturated carbocycles. The molecule has 188 valence electrons. The lowest BCUT2D eigenvalue weighted by atomic mass is 9.92. The van der Waals surface area contributed by atoms with Gasteiger partial charge in [0.1, 0.15) is 5.60 Å². The summed E-state index contributed by atoms with van der Waals surface area (Å²) in [5.41, 5.74) is 2.77.